The first-order valence-corrected chi connectivity index (χ1v) is 10.9. The van der Waals surface area contributed by atoms with Crippen LogP contribution in [0.3, 0.4) is 0 Å². The first-order chi connectivity index (χ1) is 14.6. The van der Waals surface area contributed by atoms with Gasteiger partial charge in [-0.2, -0.15) is 9.50 Å². The molecule has 4 aromatic rings. The molecule has 2 aromatic carbocycles. The Labute approximate surface area is 182 Å². The van der Waals surface area contributed by atoms with Crippen LogP contribution in [-0.2, 0) is 0 Å². The predicted octanol–water partition coefficient (Wildman–Crippen LogP) is 4.21. The van der Waals surface area contributed by atoms with E-state index >= 15 is 0 Å². The van der Waals surface area contributed by atoms with Crippen LogP contribution in [0.5, 0.6) is 11.5 Å². The van der Waals surface area contributed by atoms with E-state index < -0.39 is 0 Å². The Balaban J connectivity index is 1.71. The summed E-state index contributed by atoms with van der Waals surface area (Å²) >= 11 is 7.33. The number of nitrogens with zero attached hydrogens (tertiary/aromatic N) is 3. The molecule has 0 aliphatic rings. The summed E-state index contributed by atoms with van der Waals surface area (Å²) in [4.78, 5) is 17.8. The summed E-state index contributed by atoms with van der Waals surface area (Å²) in [6.07, 6.45) is 2.73. The molecule has 30 heavy (non-hydrogen) atoms. The first-order valence-electron chi connectivity index (χ1n) is 9.66. The van der Waals surface area contributed by atoms with Crippen molar-refractivity contribution >= 4 is 34.0 Å². The second kappa shape index (κ2) is 8.85. The van der Waals surface area contributed by atoms with Crippen molar-refractivity contribution < 1.29 is 9.47 Å². The van der Waals surface area contributed by atoms with Crippen LogP contribution in [-0.4, -0.2) is 27.8 Å². The van der Waals surface area contributed by atoms with Crippen LogP contribution in [0.25, 0.3) is 22.4 Å². The zero-order chi connectivity index (χ0) is 21.1. The van der Waals surface area contributed by atoms with E-state index in [1.807, 2.05) is 43.3 Å². The van der Waals surface area contributed by atoms with Crippen molar-refractivity contribution in [2.24, 2.45) is 0 Å². The third-order valence-corrected chi connectivity index (χ3v) is 5.49. The molecule has 0 saturated carbocycles. The third-order valence-electron chi connectivity index (χ3n) is 4.29. The highest BCUT2D eigenvalue weighted by molar-refractivity contribution is 7.15. The highest BCUT2D eigenvalue weighted by atomic mass is 35.5. The van der Waals surface area contributed by atoms with Crippen molar-refractivity contribution in [2.45, 2.75) is 20.3 Å². The van der Waals surface area contributed by atoms with Crippen molar-refractivity contribution in [1.29, 1.82) is 0 Å². The molecule has 6 nitrogen and oxygen atoms in total. The number of rotatable bonds is 7. The second-order valence-electron chi connectivity index (χ2n) is 6.54. The van der Waals surface area contributed by atoms with E-state index in [0.29, 0.717) is 45.1 Å². The summed E-state index contributed by atoms with van der Waals surface area (Å²) in [6, 6.07) is 12.9. The summed E-state index contributed by atoms with van der Waals surface area (Å²) in [6.45, 7) is 5.13. The average molecular weight is 442 g/mol. The SMILES string of the molecule is CCCOc1ccc(C=c2sc3nc(-c4cccc(Cl)c4)nn3c2=O)cc1OCC. The summed E-state index contributed by atoms with van der Waals surface area (Å²) in [5, 5.41) is 4.96. The van der Waals surface area contributed by atoms with Crippen molar-refractivity contribution in [2.75, 3.05) is 13.2 Å². The summed E-state index contributed by atoms with van der Waals surface area (Å²) in [5.41, 5.74) is 1.41. The fourth-order valence-corrected chi connectivity index (χ4v) is 4.05. The summed E-state index contributed by atoms with van der Waals surface area (Å²) in [7, 11) is 0. The van der Waals surface area contributed by atoms with Gasteiger partial charge in [0.15, 0.2) is 17.3 Å². The van der Waals surface area contributed by atoms with Gasteiger partial charge in [-0.3, -0.25) is 4.79 Å². The molecule has 0 saturated heterocycles. The molecular formula is C22H20ClN3O3S. The van der Waals surface area contributed by atoms with Gasteiger partial charge in [0, 0.05) is 10.6 Å². The van der Waals surface area contributed by atoms with Gasteiger partial charge in [0.1, 0.15) is 0 Å². The molecule has 8 heteroatoms. The van der Waals surface area contributed by atoms with Gasteiger partial charge in [0.25, 0.3) is 5.56 Å². The Hall–Kier alpha value is -2.90. The maximum Gasteiger partial charge on any atom is 0.291 e. The maximum absolute atomic E-state index is 12.8. The highest BCUT2D eigenvalue weighted by Crippen LogP contribution is 2.29. The minimum Gasteiger partial charge on any atom is -0.490 e. The van der Waals surface area contributed by atoms with E-state index in [2.05, 4.69) is 17.0 Å². The van der Waals surface area contributed by atoms with E-state index in [-0.39, 0.29) is 5.56 Å². The number of thiazole rings is 1. The van der Waals surface area contributed by atoms with E-state index in [1.54, 1.807) is 12.1 Å². The fraction of sp³-hybridized carbons (Fsp3) is 0.227. The monoisotopic (exact) mass is 441 g/mol. The lowest BCUT2D eigenvalue weighted by molar-refractivity contribution is 0.277. The van der Waals surface area contributed by atoms with Gasteiger partial charge in [-0.05, 0) is 49.2 Å². The minimum atomic E-state index is -0.208. The Morgan fingerprint density at radius 1 is 1.13 bits per heavy atom. The van der Waals surface area contributed by atoms with Gasteiger partial charge in [-0.15, -0.1) is 5.10 Å². The number of ether oxygens (including phenoxy) is 2. The molecule has 2 aromatic heterocycles. The zero-order valence-corrected chi connectivity index (χ0v) is 18.2. The standard InChI is InChI=1S/C22H20ClN3O3S/c1-3-10-29-17-9-8-14(11-18(17)28-4-2)12-19-21(27)26-22(30-19)24-20(25-26)15-6-5-7-16(23)13-15/h5-9,11-13H,3-4,10H2,1-2H3. The Bertz CT molecular complexity index is 1300. The van der Waals surface area contributed by atoms with Gasteiger partial charge in [0.2, 0.25) is 4.96 Å². The maximum atomic E-state index is 12.8. The van der Waals surface area contributed by atoms with Crippen molar-refractivity contribution in [3.63, 3.8) is 0 Å². The minimum absolute atomic E-state index is 0.208. The van der Waals surface area contributed by atoms with Crippen molar-refractivity contribution in [1.82, 2.24) is 14.6 Å². The van der Waals surface area contributed by atoms with Crippen molar-refractivity contribution in [3.8, 4) is 22.9 Å². The molecule has 0 N–H and O–H groups in total. The summed E-state index contributed by atoms with van der Waals surface area (Å²) < 4.78 is 13.3. The van der Waals surface area contributed by atoms with Crippen LogP contribution in [0.2, 0.25) is 5.02 Å². The molecule has 0 aliphatic heterocycles. The number of fused-ring (bicyclic) bond motifs is 1. The normalized spacial score (nSPS) is 11.9. The zero-order valence-electron chi connectivity index (χ0n) is 16.6. The number of hydrogen-bond acceptors (Lipinski definition) is 6. The van der Waals surface area contributed by atoms with Gasteiger partial charge in [0.05, 0.1) is 17.7 Å². The van der Waals surface area contributed by atoms with Crippen LogP contribution < -0.4 is 19.6 Å². The first kappa shape index (κ1) is 20.4. The van der Waals surface area contributed by atoms with Crippen LogP contribution in [0.4, 0.5) is 0 Å². The molecule has 0 aliphatic carbocycles. The lowest BCUT2D eigenvalue weighted by Crippen LogP contribution is -2.23. The topological polar surface area (TPSA) is 65.7 Å². The quantitative estimate of drug-likeness (QED) is 0.430. The lowest BCUT2D eigenvalue weighted by Gasteiger charge is -2.11. The van der Waals surface area contributed by atoms with Gasteiger partial charge in [-0.25, -0.2) is 0 Å². The highest BCUT2D eigenvalue weighted by Gasteiger charge is 2.13. The van der Waals surface area contributed by atoms with Crippen LogP contribution in [0.15, 0.2) is 47.3 Å². The van der Waals surface area contributed by atoms with E-state index in [1.165, 1.54) is 15.9 Å². The fourth-order valence-electron chi connectivity index (χ4n) is 2.95. The molecule has 0 atom stereocenters. The van der Waals surface area contributed by atoms with E-state index in [9.17, 15) is 4.79 Å². The molecule has 2 heterocycles. The van der Waals surface area contributed by atoms with E-state index in [4.69, 9.17) is 21.1 Å². The molecule has 154 valence electrons. The van der Waals surface area contributed by atoms with Crippen LogP contribution in [0, 0.1) is 0 Å². The molecule has 0 fully saturated rings. The number of halogens is 1. The summed E-state index contributed by atoms with van der Waals surface area (Å²) in [5.74, 6) is 1.84. The molecule has 0 amide bonds. The van der Waals surface area contributed by atoms with Gasteiger partial charge >= 0.3 is 0 Å². The van der Waals surface area contributed by atoms with Crippen molar-refractivity contribution in [3.05, 3.63) is 67.9 Å². The van der Waals surface area contributed by atoms with Gasteiger partial charge < -0.3 is 9.47 Å². The average Bonchev–Trinajstić information content (AvgIpc) is 3.27. The third kappa shape index (κ3) is 4.17. The molecule has 0 unspecified atom stereocenters. The van der Waals surface area contributed by atoms with Crippen LogP contribution in [0.1, 0.15) is 25.8 Å². The number of benzene rings is 2. The second-order valence-corrected chi connectivity index (χ2v) is 7.99. The largest absolute Gasteiger partial charge is 0.490 e. The Kier molecular flexibility index (Phi) is 6.01. The Morgan fingerprint density at radius 2 is 2.00 bits per heavy atom. The smallest absolute Gasteiger partial charge is 0.291 e. The number of hydrogen-bond donors (Lipinski definition) is 0. The molecule has 0 bridgehead atoms. The Morgan fingerprint density at radius 3 is 2.73 bits per heavy atom. The molecular weight excluding hydrogens is 422 g/mol. The molecule has 4 rings (SSSR count). The van der Waals surface area contributed by atoms with Crippen LogP contribution >= 0.6 is 22.9 Å². The van der Waals surface area contributed by atoms with E-state index in [0.717, 1.165) is 17.5 Å². The predicted molar refractivity (Wildman–Crippen MR) is 120 cm³/mol. The molecule has 0 spiro atoms. The molecule has 0 radical (unpaired) electrons. The lowest BCUT2D eigenvalue weighted by atomic mass is 10.2. The number of aromatic nitrogens is 3. The van der Waals surface area contributed by atoms with Gasteiger partial charge in [-0.1, -0.05) is 48.1 Å².